The lowest BCUT2D eigenvalue weighted by atomic mass is 9.86. The average Bonchev–Trinajstić information content (AvgIpc) is 2.52. The number of nitrogens with two attached hydrogens (primary N) is 1. The summed E-state index contributed by atoms with van der Waals surface area (Å²) in [5, 5.41) is 11.1. The van der Waals surface area contributed by atoms with Crippen LogP contribution >= 0.6 is 0 Å². The maximum absolute atomic E-state index is 12.4. The van der Waals surface area contributed by atoms with E-state index < -0.39 is 5.63 Å². The van der Waals surface area contributed by atoms with Crippen LogP contribution in [0.2, 0.25) is 0 Å². The van der Waals surface area contributed by atoms with Crippen molar-refractivity contribution in [3.63, 3.8) is 0 Å². The van der Waals surface area contributed by atoms with Crippen LogP contribution in [-0.4, -0.2) is 17.3 Å². The SMILES string of the molecule is C/C(=C(/N)CC(C)(C)COC(C)(C)C)c1c(O)c2ccccc2oc1=O. The molecule has 142 valence electrons. The van der Waals surface area contributed by atoms with Crippen molar-refractivity contribution in [1.29, 1.82) is 0 Å². The fourth-order valence-electron chi connectivity index (χ4n) is 2.74. The summed E-state index contributed by atoms with van der Waals surface area (Å²) >= 11 is 0. The smallest absolute Gasteiger partial charge is 0.347 e. The first-order valence-electron chi connectivity index (χ1n) is 8.76. The fourth-order valence-corrected chi connectivity index (χ4v) is 2.74. The number of para-hydroxylation sites is 1. The van der Waals surface area contributed by atoms with Gasteiger partial charge in [-0.2, -0.15) is 0 Å². The van der Waals surface area contributed by atoms with Crippen LogP contribution in [0.25, 0.3) is 16.5 Å². The molecule has 3 N–H and O–H groups in total. The van der Waals surface area contributed by atoms with Crippen LogP contribution < -0.4 is 11.4 Å². The number of hydrogen-bond donors (Lipinski definition) is 2. The molecule has 0 aliphatic carbocycles. The highest BCUT2D eigenvalue weighted by Gasteiger charge is 2.25. The Hall–Kier alpha value is -2.27. The van der Waals surface area contributed by atoms with E-state index in [0.29, 0.717) is 35.3 Å². The molecule has 0 atom stereocenters. The van der Waals surface area contributed by atoms with Gasteiger partial charge in [-0.15, -0.1) is 0 Å². The number of allylic oxidation sites excluding steroid dienone is 2. The quantitative estimate of drug-likeness (QED) is 0.772. The van der Waals surface area contributed by atoms with Crippen molar-refractivity contribution >= 4 is 16.5 Å². The van der Waals surface area contributed by atoms with Gasteiger partial charge in [-0.3, -0.25) is 0 Å². The zero-order chi connectivity index (χ0) is 19.7. The van der Waals surface area contributed by atoms with Crippen molar-refractivity contribution in [2.45, 2.75) is 53.6 Å². The second-order valence-electron chi connectivity index (χ2n) is 8.50. The Bertz CT molecular complexity index is 885. The van der Waals surface area contributed by atoms with Gasteiger partial charge in [0.25, 0.3) is 0 Å². The van der Waals surface area contributed by atoms with E-state index in [0.717, 1.165) is 0 Å². The molecule has 0 saturated carbocycles. The Labute approximate surface area is 154 Å². The van der Waals surface area contributed by atoms with E-state index in [4.69, 9.17) is 14.9 Å². The molecule has 0 aliphatic heterocycles. The highest BCUT2D eigenvalue weighted by Crippen LogP contribution is 2.34. The second kappa shape index (κ2) is 7.16. The topological polar surface area (TPSA) is 85.7 Å². The van der Waals surface area contributed by atoms with E-state index in [1.807, 2.05) is 20.8 Å². The van der Waals surface area contributed by atoms with Gasteiger partial charge >= 0.3 is 5.63 Å². The average molecular weight is 359 g/mol. The highest BCUT2D eigenvalue weighted by atomic mass is 16.5. The van der Waals surface area contributed by atoms with Crippen molar-refractivity contribution < 1.29 is 14.3 Å². The van der Waals surface area contributed by atoms with Crippen molar-refractivity contribution in [2.75, 3.05) is 6.61 Å². The zero-order valence-corrected chi connectivity index (χ0v) is 16.5. The summed E-state index contributed by atoms with van der Waals surface area (Å²) < 4.78 is 11.2. The van der Waals surface area contributed by atoms with E-state index >= 15 is 0 Å². The van der Waals surface area contributed by atoms with Gasteiger partial charge in [-0.25, -0.2) is 4.79 Å². The Morgan fingerprint density at radius 2 is 1.81 bits per heavy atom. The lowest BCUT2D eigenvalue weighted by molar-refractivity contribution is -0.0427. The summed E-state index contributed by atoms with van der Waals surface area (Å²) in [6.45, 7) is 12.4. The van der Waals surface area contributed by atoms with E-state index in [1.165, 1.54) is 0 Å². The monoisotopic (exact) mass is 359 g/mol. The van der Waals surface area contributed by atoms with Crippen LogP contribution in [0.4, 0.5) is 0 Å². The van der Waals surface area contributed by atoms with Crippen molar-refractivity contribution in [2.24, 2.45) is 11.1 Å². The molecule has 1 aromatic carbocycles. The molecule has 0 amide bonds. The van der Waals surface area contributed by atoms with Crippen LogP contribution in [0.5, 0.6) is 5.75 Å². The molecule has 0 spiro atoms. The molecule has 2 aromatic rings. The van der Waals surface area contributed by atoms with E-state index in [1.54, 1.807) is 31.2 Å². The van der Waals surface area contributed by atoms with Gasteiger partial charge < -0.3 is 20.0 Å². The Kier molecular flexibility index (Phi) is 5.52. The van der Waals surface area contributed by atoms with Gasteiger partial charge in [-0.1, -0.05) is 26.0 Å². The fraction of sp³-hybridized carbons (Fsp3) is 0.476. The molecule has 26 heavy (non-hydrogen) atoms. The predicted octanol–water partition coefficient (Wildman–Crippen LogP) is 4.42. The summed E-state index contributed by atoms with van der Waals surface area (Å²) in [6.07, 6.45) is 0.528. The molecule has 2 rings (SSSR count). The van der Waals surface area contributed by atoms with Crippen LogP contribution in [0.15, 0.2) is 39.2 Å². The van der Waals surface area contributed by atoms with Gasteiger partial charge in [-0.05, 0) is 57.2 Å². The highest BCUT2D eigenvalue weighted by molar-refractivity contribution is 5.88. The van der Waals surface area contributed by atoms with Crippen molar-refractivity contribution in [3.05, 3.63) is 45.9 Å². The van der Waals surface area contributed by atoms with Crippen molar-refractivity contribution in [1.82, 2.24) is 0 Å². The van der Waals surface area contributed by atoms with Gasteiger partial charge in [0.15, 0.2) is 0 Å². The van der Waals surface area contributed by atoms with Gasteiger partial charge in [0, 0.05) is 5.70 Å². The molecule has 5 nitrogen and oxygen atoms in total. The normalized spacial score (nSPS) is 13.8. The molecule has 0 bridgehead atoms. The standard InChI is InChI=1S/C21H29NO4/c1-13(15(22)11-21(5,6)12-25-20(2,3)4)17-18(23)14-9-7-8-10-16(14)26-19(17)24/h7-10,23H,11-12,22H2,1-6H3/b15-13-. The summed E-state index contributed by atoms with van der Waals surface area (Å²) in [5.74, 6) is -0.0963. The van der Waals surface area contributed by atoms with Gasteiger partial charge in [0.1, 0.15) is 16.9 Å². The summed E-state index contributed by atoms with van der Waals surface area (Å²) in [5.41, 5.74) is 6.78. The Morgan fingerprint density at radius 3 is 2.42 bits per heavy atom. The maximum Gasteiger partial charge on any atom is 0.347 e. The van der Waals surface area contributed by atoms with Gasteiger partial charge in [0.2, 0.25) is 0 Å². The molecule has 0 aliphatic rings. The predicted molar refractivity (Wildman–Crippen MR) is 105 cm³/mol. The third-order valence-electron chi connectivity index (χ3n) is 4.21. The van der Waals surface area contributed by atoms with E-state index in [2.05, 4.69) is 13.8 Å². The number of ether oxygens (including phenoxy) is 1. The summed E-state index contributed by atoms with van der Waals surface area (Å²) in [7, 11) is 0. The molecule has 1 aromatic heterocycles. The molecular weight excluding hydrogens is 330 g/mol. The third kappa shape index (κ3) is 4.67. The Balaban J connectivity index is 2.39. The molecule has 0 radical (unpaired) electrons. The molecule has 5 heteroatoms. The minimum Gasteiger partial charge on any atom is -0.506 e. The van der Waals surface area contributed by atoms with Crippen LogP contribution in [0, 0.1) is 5.41 Å². The maximum atomic E-state index is 12.4. The van der Waals surface area contributed by atoms with Crippen LogP contribution in [0.3, 0.4) is 0 Å². The lowest BCUT2D eigenvalue weighted by Gasteiger charge is -2.30. The number of fused-ring (bicyclic) bond motifs is 1. The first-order chi connectivity index (χ1) is 11.9. The van der Waals surface area contributed by atoms with E-state index in [-0.39, 0.29) is 22.3 Å². The summed E-state index contributed by atoms with van der Waals surface area (Å²) in [4.78, 5) is 12.4. The molecular formula is C21H29NO4. The molecule has 0 unspecified atom stereocenters. The van der Waals surface area contributed by atoms with Gasteiger partial charge in [0.05, 0.1) is 17.6 Å². The van der Waals surface area contributed by atoms with Crippen LogP contribution in [-0.2, 0) is 4.74 Å². The first kappa shape index (κ1) is 20.0. The molecule has 0 saturated heterocycles. The first-order valence-corrected chi connectivity index (χ1v) is 8.76. The Morgan fingerprint density at radius 1 is 1.19 bits per heavy atom. The largest absolute Gasteiger partial charge is 0.506 e. The molecule has 0 fully saturated rings. The number of benzene rings is 1. The van der Waals surface area contributed by atoms with Crippen LogP contribution in [0.1, 0.15) is 53.5 Å². The summed E-state index contributed by atoms with van der Waals surface area (Å²) in [6, 6.07) is 6.89. The third-order valence-corrected chi connectivity index (χ3v) is 4.21. The minimum absolute atomic E-state index is 0.0963. The number of aromatic hydroxyl groups is 1. The second-order valence-corrected chi connectivity index (χ2v) is 8.50. The zero-order valence-electron chi connectivity index (χ0n) is 16.5. The number of hydrogen-bond acceptors (Lipinski definition) is 5. The van der Waals surface area contributed by atoms with Crippen molar-refractivity contribution in [3.8, 4) is 5.75 Å². The lowest BCUT2D eigenvalue weighted by Crippen LogP contribution is -2.29. The van der Waals surface area contributed by atoms with E-state index in [9.17, 15) is 9.90 Å². The molecule has 1 heterocycles. The minimum atomic E-state index is -0.592. The number of rotatable bonds is 5.